The second kappa shape index (κ2) is 5.53. The van der Waals surface area contributed by atoms with E-state index < -0.39 is 6.10 Å². The van der Waals surface area contributed by atoms with Crippen LogP contribution < -0.4 is 18.9 Å². The molecule has 2 aliphatic heterocycles. The van der Waals surface area contributed by atoms with Crippen molar-refractivity contribution in [2.24, 2.45) is 0 Å². The van der Waals surface area contributed by atoms with Crippen LogP contribution in [-0.2, 0) is 6.42 Å². The first kappa shape index (κ1) is 15.8. The van der Waals surface area contributed by atoms with Crippen LogP contribution in [0, 0.1) is 0 Å². The number of fused-ring (bicyclic) bond motifs is 4. The van der Waals surface area contributed by atoms with Crippen LogP contribution in [0.1, 0.15) is 28.8 Å². The number of nitrogens with zero attached hydrogens (tertiary/aromatic N) is 1. The molecule has 0 aromatic heterocycles. The lowest BCUT2D eigenvalue weighted by molar-refractivity contribution is 0.0831. The molecule has 5 rings (SSSR count). The molecule has 2 aromatic carbocycles. The summed E-state index contributed by atoms with van der Waals surface area (Å²) < 4.78 is 22.5. The van der Waals surface area contributed by atoms with Crippen molar-refractivity contribution >= 4 is 0 Å². The first-order chi connectivity index (χ1) is 12.6. The number of hydrogen-bond donors (Lipinski definition) is 1. The van der Waals surface area contributed by atoms with Crippen LogP contribution >= 0.6 is 0 Å². The molecule has 0 bridgehead atoms. The third-order valence-electron chi connectivity index (χ3n) is 5.71. The monoisotopic (exact) mass is 355 g/mol. The van der Waals surface area contributed by atoms with E-state index in [4.69, 9.17) is 18.9 Å². The summed E-state index contributed by atoms with van der Waals surface area (Å²) in [5.74, 6) is 2.85. The number of benzene rings is 2. The standard InChI is InChI=1S/C20H21NO5/c1-21-8-14(22)12-7-17-20(26-9-25-17)19-11-6-16(24-3)15(23-2)5-10(11)4-13(21)18(12)19/h5-7,13-14,22H,4,8-9H2,1-3H3/t13-,14?/m0/s1. The minimum absolute atomic E-state index is 0.184. The van der Waals surface area contributed by atoms with E-state index in [2.05, 4.69) is 11.9 Å². The Morgan fingerprint density at radius 2 is 1.88 bits per heavy atom. The van der Waals surface area contributed by atoms with Crippen LogP contribution in [0.25, 0.3) is 11.1 Å². The van der Waals surface area contributed by atoms with E-state index in [0.717, 1.165) is 40.2 Å². The maximum Gasteiger partial charge on any atom is 0.231 e. The average molecular weight is 355 g/mol. The number of β-amino-alcohol motifs (C(OH)–C–C–N with tert-alkyl or cyclic N) is 1. The number of rotatable bonds is 2. The van der Waals surface area contributed by atoms with Crippen molar-refractivity contribution in [2.75, 3.05) is 34.6 Å². The topological polar surface area (TPSA) is 60.4 Å². The van der Waals surface area contributed by atoms with Crippen LogP contribution in [-0.4, -0.2) is 44.6 Å². The average Bonchev–Trinajstić information content (AvgIpc) is 3.12. The van der Waals surface area contributed by atoms with Gasteiger partial charge in [0.1, 0.15) is 0 Å². The van der Waals surface area contributed by atoms with Crippen molar-refractivity contribution in [3.63, 3.8) is 0 Å². The molecule has 1 unspecified atom stereocenters. The number of hydrogen-bond acceptors (Lipinski definition) is 6. The molecule has 2 atom stereocenters. The zero-order chi connectivity index (χ0) is 18.0. The van der Waals surface area contributed by atoms with Gasteiger partial charge in [-0.25, -0.2) is 0 Å². The van der Waals surface area contributed by atoms with Crippen LogP contribution in [0.2, 0.25) is 0 Å². The van der Waals surface area contributed by atoms with Gasteiger partial charge in [0.15, 0.2) is 23.0 Å². The Balaban J connectivity index is 1.85. The fraction of sp³-hybridized carbons (Fsp3) is 0.400. The molecule has 26 heavy (non-hydrogen) atoms. The molecular formula is C20H21NO5. The molecule has 0 fully saturated rings. The Morgan fingerprint density at radius 1 is 1.12 bits per heavy atom. The summed E-state index contributed by atoms with van der Waals surface area (Å²) in [7, 11) is 5.34. The summed E-state index contributed by atoms with van der Waals surface area (Å²) in [6.45, 7) is 0.795. The number of ether oxygens (including phenoxy) is 4. The lowest BCUT2D eigenvalue weighted by atomic mass is 9.76. The predicted molar refractivity (Wildman–Crippen MR) is 95.1 cm³/mol. The molecule has 136 valence electrons. The summed E-state index contributed by atoms with van der Waals surface area (Å²) in [4.78, 5) is 2.21. The number of likely N-dealkylation sites (N-methyl/N-ethyl adjacent to an activating group) is 1. The fourth-order valence-corrected chi connectivity index (χ4v) is 4.49. The van der Waals surface area contributed by atoms with Crippen molar-refractivity contribution in [3.8, 4) is 34.1 Å². The highest BCUT2D eigenvalue weighted by Gasteiger charge is 2.40. The molecule has 0 saturated heterocycles. The molecule has 6 nitrogen and oxygen atoms in total. The Bertz CT molecular complexity index is 910. The summed E-state index contributed by atoms with van der Waals surface area (Å²) in [6, 6.07) is 6.18. The van der Waals surface area contributed by atoms with Crippen molar-refractivity contribution in [2.45, 2.75) is 18.6 Å². The first-order valence-electron chi connectivity index (χ1n) is 8.72. The highest BCUT2D eigenvalue weighted by atomic mass is 16.7. The highest BCUT2D eigenvalue weighted by Crippen LogP contribution is 2.56. The fourth-order valence-electron chi connectivity index (χ4n) is 4.49. The number of methoxy groups -OCH3 is 2. The van der Waals surface area contributed by atoms with Crippen LogP contribution in [0.5, 0.6) is 23.0 Å². The molecule has 1 aliphatic carbocycles. The molecule has 0 spiro atoms. The summed E-state index contributed by atoms with van der Waals surface area (Å²) in [5.41, 5.74) is 5.31. The molecule has 0 radical (unpaired) electrons. The van der Waals surface area contributed by atoms with Crippen LogP contribution in [0.15, 0.2) is 18.2 Å². The molecule has 2 heterocycles. The normalized spacial score (nSPS) is 22.6. The van der Waals surface area contributed by atoms with Gasteiger partial charge in [-0.15, -0.1) is 0 Å². The van der Waals surface area contributed by atoms with E-state index in [1.165, 1.54) is 5.56 Å². The van der Waals surface area contributed by atoms with Crippen LogP contribution in [0.3, 0.4) is 0 Å². The van der Waals surface area contributed by atoms with Gasteiger partial charge in [-0.05, 0) is 53.9 Å². The van der Waals surface area contributed by atoms with Crippen LogP contribution in [0.4, 0.5) is 0 Å². The molecule has 0 saturated carbocycles. The van der Waals surface area contributed by atoms with Crippen molar-refractivity contribution in [3.05, 3.63) is 34.9 Å². The molecule has 3 aliphatic rings. The Hall–Kier alpha value is -2.44. The van der Waals surface area contributed by atoms with Crippen molar-refractivity contribution < 1.29 is 24.1 Å². The summed E-state index contributed by atoms with van der Waals surface area (Å²) >= 11 is 0. The zero-order valence-electron chi connectivity index (χ0n) is 15.0. The zero-order valence-corrected chi connectivity index (χ0v) is 15.0. The summed E-state index contributed by atoms with van der Waals surface area (Å²) in [6.07, 6.45) is 0.305. The van der Waals surface area contributed by atoms with Gasteiger partial charge in [0.05, 0.1) is 20.3 Å². The largest absolute Gasteiger partial charge is 0.493 e. The minimum atomic E-state index is -0.541. The van der Waals surface area contributed by atoms with Crippen molar-refractivity contribution in [1.29, 1.82) is 0 Å². The van der Waals surface area contributed by atoms with Gasteiger partial charge in [-0.3, -0.25) is 4.90 Å². The summed E-state index contributed by atoms with van der Waals surface area (Å²) in [5, 5.41) is 10.7. The van der Waals surface area contributed by atoms with Gasteiger partial charge in [0.2, 0.25) is 6.79 Å². The SMILES string of the molecule is COc1cc2c(cc1OC)-c1c3c(cc4c1[C@H](C2)N(C)CC4O)OCO3. The van der Waals surface area contributed by atoms with E-state index in [1.807, 2.05) is 18.2 Å². The van der Waals surface area contributed by atoms with Gasteiger partial charge < -0.3 is 24.1 Å². The second-order valence-corrected chi connectivity index (χ2v) is 7.03. The Kier molecular flexibility index (Phi) is 3.36. The molecule has 1 N–H and O–H groups in total. The number of aliphatic hydroxyl groups is 1. The molecule has 0 amide bonds. The third kappa shape index (κ3) is 2.00. The molecule has 6 heteroatoms. The maximum atomic E-state index is 10.7. The maximum absolute atomic E-state index is 10.7. The van der Waals surface area contributed by atoms with E-state index in [0.29, 0.717) is 18.0 Å². The van der Waals surface area contributed by atoms with Gasteiger partial charge in [0.25, 0.3) is 0 Å². The van der Waals surface area contributed by atoms with Gasteiger partial charge >= 0.3 is 0 Å². The minimum Gasteiger partial charge on any atom is -0.493 e. The van der Waals surface area contributed by atoms with E-state index in [-0.39, 0.29) is 12.8 Å². The molecule has 2 aromatic rings. The first-order valence-corrected chi connectivity index (χ1v) is 8.72. The van der Waals surface area contributed by atoms with Gasteiger partial charge in [0, 0.05) is 18.2 Å². The number of aliphatic hydroxyl groups excluding tert-OH is 1. The predicted octanol–water partition coefficient (Wildman–Crippen LogP) is 2.68. The Morgan fingerprint density at radius 3 is 2.65 bits per heavy atom. The third-order valence-corrected chi connectivity index (χ3v) is 5.71. The molecular weight excluding hydrogens is 334 g/mol. The smallest absolute Gasteiger partial charge is 0.231 e. The van der Waals surface area contributed by atoms with Gasteiger partial charge in [-0.1, -0.05) is 0 Å². The Labute approximate surface area is 151 Å². The van der Waals surface area contributed by atoms with E-state index in [1.54, 1.807) is 14.2 Å². The van der Waals surface area contributed by atoms with E-state index >= 15 is 0 Å². The van der Waals surface area contributed by atoms with Crippen molar-refractivity contribution in [1.82, 2.24) is 4.90 Å². The second-order valence-electron chi connectivity index (χ2n) is 7.03. The lowest BCUT2D eigenvalue weighted by Gasteiger charge is -2.42. The van der Waals surface area contributed by atoms with E-state index in [9.17, 15) is 5.11 Å². The quantitative estimate of drug-likeness (QED) is 0.894. The lowest BCUT2D eigenvalue weighted by Crippen LogP contribution is -2.38. The highest BCUT2D eigenvalue weighted by molar-refractivity contribution is 5.85. The van der Waals surface area contributed by atoms with Gasteiger partial charge in [-0.2, -0.15) is 0 Å².